The van der Waals surface area contributed by atoms with Crippen molar-refractivity contribution in [2.45, 2.75) is 53.5 Å². The van der Waals surface area contributed by atoms with Gasteiger partial charge in [0.1, 0.15) is 0 Å². The maximum Gasteiger partial charge on any atom is 0.0644 e. The van der Waals surface area contributed by atoms with E-state index in [1.807, 2.05) is 18.7 Å². The van der Waals surface area contributed by atoms with Crippen molar-refractivity contribution < 1.29 is 0 Å². The van der Waals surface area contributed by atoms with Gasteiger partial charge < -0.3 is 0 Å². The molecule has 1 rings (SSSR count). The lowest BCUT2D eigenvalue weighted by molar-refractivity contribution is 0.332. The molecule has 1 aromatic rings. The Hall–Kier alpha value is -0.870. The third-order valence-electron chi connectivity index (χ3n) is 3.30. The number of nitrogens with zero attached hydrogens (tertiary/aromatic N) is 2. The predicted octanol–water partition coefficient (Wildman–Crippen LogP) is 2.37. The minimum absolute atomic E-state index is 0.197. The average molecular weight is 238 g/mol. The third kappa shape index (κ3) is 3.54. The predicted molar refractivity (Wildman–Crippen MR) is 71.4 cm³/mol. The second kappa shape index (κ2) is 5.19. The molecule has 0 amide bonds. The first kappa shape index (κ1) is 14.2. The highest BCUT2D eigenvalue weighted by Crippen LogP contribution is 2.29. The largest absolute Gasteiger partial charge is 0.272 e. The summed E-state index contributed by atoms with van der Waals surface area (Å²) in [6.07, 6.45) is 2.17. The molecular weight excluding hydrogens is 212 g/mol. The van der Waals surface area contributed by atoms with E-state index >= 15 is 0 Å². The number of rotatable bonds is 4. The minimum atomic E-state index is 0.197. The van der Waals surface area contributed by atoms with E-state index in [2.05, 4.69) is 38.2 Å². The second-order valence-electron chi connectivity index (χ2n) is 6.03. The highest BCUT2D eigenvalue weighted by molar-refractivity contribution is 5.28. The van der Waals surface area contributed by atoms with Gasteiger partial charge >= 0.3 is 0 Å². The van der Waals surface area contributed by atoms with Crippen molar-refractivity contribution in [1.29, 1.82) is 0 Å². The molecule has 0 radical (unpaired) electrons. The van der Waals surface area contributed by atoms with E-state index in [4.69, 9.17) is 5.84 Å². The van der Waals surface area contributed by atoms with Crippen molar-refractivity contribution in [1.82, 2.24) is 15.2 Å². The molecule has 4 heteroatoms. The average Bonchev–Trinajstić information content (AvgIpc) is 2.43. The molecule has 1 unspecified atom stereocenters. The van der Waals surface area contributed by atoms with E-state index in [1.165, 1.54) is 11.3 Å². The standard InChI is InChI=1S/C13H26N4/c1-9-12(10(2)17(6)16-9)11(15-14)7-8-13(3,4)5/h11,15H,7-8,14H2,1-6H3. The second-order valence-corrected chi connectivity index (χ2v) is 6.03. The maximum atomic E-state index is 5.69. The molecule has 3 N–H and O–H groups in total. The Bertz CT molecular complexity index is 374. The fourth-order valence-electron chi connectivity index (χ4n) is 2.18. The molecule has 0 aliphatic carbocycles. The lowest BCUT2D eigenvalue weighted by Crippen LogP contribution is -2.29. The molecule has 0 fully saturated rings. The summed E-state index contributed by atoms with van der Waals surface area (Å²) >= 11 is 0. The van der Waals surface area contributed by atoms with Gasteiger partial charge in [-0.1, -0.05) is 20.8 Å². The highest BCUT2D eigenvalue weighted by atomic mass is 15.3. The van der Waals surface area contributed by atoms with Gasteiger partial charge in [0.2, 0.25) is 0 Å². The molecule has 0 saturated carbocycles. The van der Waals surface area contributed by atoms with Crippen LogP contribution < -0.4 is 11.3 Å². The highest BCUT2D eigenvalue weighted by Gasteiger charge is 2.21. The van der Waals surface area contributed by atoms with Crippen LogP contribution in [-0.4, -0.2) is 9.78 Å². The fraction of sp³-hybridized carbons (Fsp3) is 0.769. The molecule has 0 aliphatic rings. The van der Waals surface area contributed by atoms with Gasteiger partial charge in [0.05, 0.1) is 5.69 Å². The molecule has 0 saturated heterocycles. The Morgan fingerprint density at radius 2 is 1.94 bits per heavy atom. The van der Waals surface area contributed by atoms with Crippen LogP contribution in [-0.2, 0) is 7.05 Å². The quantitative estimate of drug-likeness (QED) is 0.625. The van der Waals surface area contributed by atoms with E-state index < -0.39 is 0 Å². The first-order chi connectivity index (χ1) is 7.76. The van der Waals surface area contributed by atoms with Crippen molar-refractivity contribution in [2.24, 2.45) is 18.3 Å². The SMILES string of the molecule is Cc1nn(C)c(C)c1C(CCC(C)(C)C)NN. The van der Waals surface area contributed by atoms with Gasteiger partial charge in [0.25, 0.3) is 0 Å². The normalized spacial score (nSPS) is 14.1. The summed E-state index contributed by atoms with van der Waals surface area (Å²) in [6, 6.07) is 0.197. The fourth-order valence-corrected chi connectivity index (χ4v) is 2.18. The zero-order valence-corrected chi connectivity index (χ0v) is 12.0. The lowest BCUT2D eigenvalue weighted by atomic mass is 9.87. The zero-order valence-electron chi connectivity index (χ0n) is 12.0. The molecular formula is C13H26N4. The van der Waals surface area contributed by atoms with Gasteiger partial charge in [0.15, 0.2) is 0 Å². The molecule has 1 atom stereocenters. The molecule has 4 nitrogen and oxygen atoms in total. The number of hydrazine groups is 1. The molecule has 17 heavy (non-hydrogen) atoms. The summed E-state index contributed by atoms with van der Waals surface area (Å²) in [4.78, 5) is 0. The summed E-state index contributed by atoms with van der Waals surface area (Å²) in [5.74, 6) is 5.69. The molecule has 98 valence electrons. The number of nitrogens with one attached hydrogen (secondary N) is 1. The Balaban J connectivity index is 2.87. The number of nitrogens with two attached hydrogens (primary N) is 1. The van der Waals surface area contributed by atoms with Crippen LogP contribution in [0.15, 0.2) is 0 Å². The Morgan fingerprint density at radius 1 is 1.35 bits per heavy atom. The van der Waals surface area contributed by atoms with Crippen molar-refractivity contribution in [3.05, 3.63) is 17.0 Å². The minimum Gasteiger partial charge on any atom is -0.272 e. The Kier molecular flexibility index (Phi) is 4.33. The van der Waals surface area contributed by atoms with E-state index in [1.54, 1.807) is 0 Å². The van der Waals surface area contributed by atoms with Gasteiger partial charge in [-0.3, -0.25) is 16.0 Å². The summed E-state index contributed by atoms with van der Waals surface area (Å²) < 4.78 is 1.92. The molecule has 0 aromatic carbocycles. The van der Waals surface area contributed by atoms with Crippen molar-refractivity contribution in [2.75, 3.05) is 0 Å². The molecule has 1 heterocycles. The van der Waals surface area contributed by atoms with E-state index in [0.717, 1.165) is 18.5 Å². The molecule has 0 aliphatic heterocycles. The van der Waals surface area contributed by atoms with Crippen molar-refractivity contribution >= 4 is 0 Å². The van der Waals surface area contributed by atoms with Crippen LogP contribution in [0.5, 0.6) is 0 Å². The van der Waals surface area contributed by atoms with Crippen molar-refractivity contribution in [3.8, 4) is 0 Å². The maximum absolute atomic E-state index is 5.69. The van der Waals surface area contributed by atoms with E-state index in [9.17, 15) is 0 Å². The number of hydrogen-bond donors (Lipinski definition) is 2. The van der Waals surface area contributed by atoms with Crippen LogP contribution in [0.2, 0.25) is 0 Å². The number of aryl methyl sites for hydroxylation is 2. The lowest BCUT2D eigenvalue weighted by Gasteiger charge is -2.23. The number of aromatic nitrogens is 2. The summed E-state index contributed by atoms with van der Waals surface area (Å²) in [5, 5.41) is 4.44. The van der Waals surface area contributed by atoms with Gasteiger partial charge in [-0.2, -0.15) is 5.10 Å². The van der Waals surface area contributed by atoms with E-state index in [-0.39, 0.29) is 6.04 Å². The van der Waals surface area contributed by atoms with Crippen LogP contribution in [0.25, 0.3) is 0 Å². The molecule has 0 spiro atoms. The number of hydrogen-bond acceptors (Lipinski definition) is 3. The zero-order chi connectivity index (χ0) is 13.2. The first-order valence-electron chi connectivity index (χ1n) is 6.22. The van der Waals surface area contributed by atoms with Crippen LogP contribution in [0.1, 0.15) is 56.6 Å². The summed E-state index contributed by atoms with van der Waals surface area (Å²) in [6.45, 7) is 10.9. The first-order valence-corrected chi connectivity index (χ1v) is 6.22. The van der Waals surface area contributed by atoms with E-state index in [0.29, 0.717) is 5.41 Å². The monoisotopic (exact) mass is 238 g/mol. The van der Waals surface area contributed by atoms with Crippen LogP contribution in [0.3, 0.4) is 0 Å². The van der Waals surface area contributed by atoms with Gasteiger partial charge in [0, 0.05) is 24.3 Å². The van der Waals surface area contributed by atoms with Crippen LogP contribution >= 0.6 is 0 Å². The topological polar surface area (TPSA) is 55.9 Å². The smallest absolute Gasteiger partial charge is 0.0644 e. The Labute approximate surface area is 105 Å². The molecule has 1 aromatic heterocycles. The molecule has 0 bridgehead atoms. The van der Waals surface area contributed by atoms with Gasteiger partial charge in [-0.15, -0.1) is 0 Å². The third-order valence-corrected chi connectivity index (χ3v) is 3.30. The van der Waals surface area contributed by atoms with Crippen LogP contribution in [0, 0.1) is 19.3 Å². The summed E-state index contributed by atoms with van der Waals surface area (Å²) in [5.41, 5.74) is 6.78. The van der Waals surface area contributed by atoms with Gasteiger partial charge in [-0.05, 0) is 32.1 Å². The van der Waals surface area contributed by atoms with Crippen LogP contribution in [0.4, 0.5) is 0 Å². The summed E-state index contributed by atoms with van der Waals surface area (Å²) in [7, 11) is 1.98. The Morgan fingerprint density at radius 3 is 2.29 bits per heavy atom. The van der Waals surface area contributed by atoms with Gasteiger partial charge in [-0.25, -0.2) is 0 Å². The van der Waals surface area contributed by atoms with Crippen molar-refractivity contribution in [3.63, 3.8) is 0 Å².